The van der Waals surface area contributed by atoms with Crippen LogP contribution >= 0.6 is 0 Å². The lowest BCUT2D eigenvalue weighted by molar-refractivity contribution is -0.140. The van der Waals surface area contributed by atoms with Crippen LogP contribution < -0.4 is 5.73 Å². The number of nitrogens with zero attached hydrogens (tertiary/aromatic N) is 2. The van der Waals surface area contributed by atoms with Crippen LogP contribution in [0.4, 0.5) is 0 Å². The molecule has 2 aromatic rings. The lowest BCUT2D eigenvalue weighted by Gasteiger charge is -2.40. The second-order valence-electron chi connectivity index (χ2n) is 9.20. The Bertz CT molecular complexity index is 932. The molecular formula is C26H33N3O3. The quantitative estimate of drug-likeness (QED) is 0.668. The van der Waals surface area contributed by atoms with E-state index in [0.29, 0.717) is 36.7 Å². The summed E-state index contributed by atoms with van der Waals surface area (Å²) in [4.78, 5) is 28.6. The van der Waals surface area contributed by atoms with Gasteiger partial charge in [0.25, 0.3) is 5.91 Å². The molecule has 2 unspecified atom stereocenters. The predicted octanol–water partition coefficient (Wildman–Crippen LogP) is 2.91. The van der Waals surface area contributed by atoms with E-state index >= 15 is 0 Å². The van der Waals surface area contributed by atoms with Gasteiger partial charge in [0.05, 0.1) is 0 Å². The van der Waals surface area contributed by atoms with E-state index in [9.17, 15) is 14.7 Å². The maximum absolute atomic E-state index is 12.6. The fourth-order valence-electron chi connectivity index (χ4n) is 5.43. The molecule has 2 bridgehead atoms. The summed E-state index contributed by atoms with van der Waals surface area (Å²) >= 11 is 0. The van der Waals surface area contributed by atoms with Crippen molar-refractivity contribution in [3.05, 3.63) is 71.3 Å². The third-order valence-electron chi connectivity index (χ3n) is 7.04. The number of hydrogen-bond acceptors (Lipinski definition) is 4. The highest BCUT2D eigenvalue weighted by molar-refractivity contribution is 5.92. The van der Waals surface area contributed by atoms with Gasteiger partial charge >= 0.3 is 0 Å². The van der Waals surface area contributed by atoms with Crippen molar-refractivity contribution in [2.75, 3.05) is 13.1 Å². The first kappa shape index (κ1) is 22.5. The zero-order valence-corrected chi connectivity index (χ0v) is 18.7. The van der Waals surface area contributed by atoms with Crippen molar-refractivity contribution in [3.63, 3.8) is 0 Å². The SMILES string of the molecule is C[C@H](O)C(=O)N(CCN1C2CCC1CC(c1cccc(C(N)=O)c1)C2)Cc1ccccc1. The molecule has 2 fully saturated rings. The van der Waals surface area contributed by atoms with E-state index in [2.05, 4.69) is 11.0 Å². The second kappa shape index (κ2) is 9.84. The molecule has 0 aromatic heterocycles. The summed E-state index contributed by atoms with van der Waals surface area (Å²) < 4.78 is 0. The van der Waals surface area contributed by atoms with Gasteiger partial charge in [-0.2, -0.15) is 0 Å². The van der Waals surface area contributed by atoms with Gasteiger partial charge < -0.3 is 15.7 Å². The monoisotopic (exact) mass is 435 g/mol. The summed E-state index contributed by atoms with van der Waals surface area (Å²) in [5.41, 5.74) is 8.32. The van der Waals surface area contributed by atoms with Crippen molar-refractivity contribution in [2.45, 2.75) is 63.3 Å². The van der Waals surface area contributed by atoms with Gasteiger partial charge in [-0.3, -0.25) is 14.5 Å². The highest BCUT2D eigenvalue weighted by atomic mass is 16.3. The molecular weight excluding hydrogens is 402 g/mol. The molecule has 6 heteroatoms. The molecule has 0 radical (unpaired) electrons. The fourth-order valence-corrected chi connectivity index (χ4v) is 5.43. The number of benzene rings is 2. The van der Waals surface area contributed by atoms with E-state index in [-0.39, 0.29) is 11.8 Å². The number of piperidine rings is 1. The predicted molar refractivity (Wildman–Crippen MR) is 124 cm³/mol. The van der Waals surface area contributed by atoms with E-state index in [0.717, 1.165) is 24.9 Å². The molecule has 2 heterocycles. The number of rotatable bonds is 8. The number of carbonyl (C=O) groups is 2. The van der Waals surface area contributed by atoms with Crippen molar-refractivity contribution >= 4 is 11.8 Å². The normalized spacial score (nSPS) is 23.6. The molecule has 3 atom stereocenters. The molecule has 4 rings (SSSR count). The van der Waals surface area contributed by atoms with Crippen LogP contribution in [0.1, 0.15) is 60.0 Å². The zero-order valence-electron chi connectivity index (χ0n) is 18.7. The van der Waals surface area contributed by atoms with Crippen LogP contribution in [-0.4, -0.2) is 58.0 Å². The minimum Gasteiger partial charge on any atom is -0.384 e. The van der Waals surface area contributed by atoms with Crippen LogP contribution in [-0.2, 0) is 11.3 Å². The Morgan fingerprint density at radius 1 is 1.09 bits per heavy atom. The summed E-state index contributed by atoms with van der Waals surface area (Å²) in [5, 5.41) is 9.91. The van der Waals surface area contributed by atoms with Crippen LogP contribution in [0.3, 0.4) is 0 Å². The number of fused-ring (bicyclic) bond motifs is 2. The molecule has 2 aromatic carbocycles. The van der Waals surface area contributed by atoms with Gasteiger partial charge in [0, 0.05) is 37.3 Å². The van der Waals surface area contributed by atoms with Crippen LogP contribution in [0, 0.1) is 0 Å². The topological polar surface area (TPSA) is 86.9 Å². The fraction of sp³-hybridized carbons (Fsp3) is 0.462. The minimum absolute atomic E-state index is 0.223. The Kier molecular flexibility index (Phi) is 6.92. The van der Waals surface area contributed by atoms with Gasteiger partial charge in [-0.15, -0.1) is 0 Å². The van der Waals surface area contributed by atoms with Crippen molar-refractivity contribution in [1.82, 2.24) is 9.80 Å². The molecule has 0 saturated carbocycles. The number of aliphatic hydroxyl groups is 1. The van der Waals surface area contributed by atoms with Crippen molar-refractivity contribution < 1.29 is 14.7 Å². The van der Waals surface area contributed by atoms with Gasteiger partial charge in [-0.25, -0.2) is 0 Å². The molecule has 0 spiro atoms. The number of aliphatic hydroxyl groups excluding tert-OH is 1. The summed E-state index contributed by atoms with van der Waals surface area (Å²) in [7, 11) is 0. The summed E-state index contributed by atoms with van der Waals surface area (Å²) in [6.07, 6.45) is 3.45. The molecule has 2 aliphatic rings. The standard InChI is InChI=1S/C26H33N3O3/c1-18(30)26(32)28(17-19-6-3-2-4-7-19)12-13-29-23-10-11-24(29)16-22(15-23)20-8-5-9-21(14-20)25(27)31/h2-9,14,18,22-24,30H,10-13,15-17H2,1H3,(H2,27,31)/t18-,22?,23?,24?/m0/s1. The Balaban J connectivity index is 1.41. The smallest absolute Gasteiger partial charge is 0.251 e. The van der Waals surface area contributed by atoms with Crippen LogP contribution in [0.5, 0.6) is 0 Å². The largest absolute Gasteiger partial charge is 0.384 e. The average molecular weight is 436 g/mol. The Hall–Kier alpha value is -2.70. The van der Waals surface area contributed by atoms with E-state index in [1.807, 2.05) is 42.5 Å². The first-order valence-electron chi connectivity index (χ1n) is 11.6. The van der Waals surface area contributed by atoms with E-state index in [1.54, 1.807) is 11.0 Å². The number of amides is 2. The molecule has 170 valence electrons. The highest BCUT2D eigenvalue weighted by Gasteiger charge is 2.41. The molecule has 2 saturated heterocycles. The van der Waals surface area contributed by atoms with Crippen molar-refractivity contribution in [3.8, 4) is 0 Å². The third kappa shape index (κ3) is 5.03. The van der Waals surface area contributed by atoms with Crippen LogP contribution in [0.2, 0.25) is 0 Å². The summed E-state index contributed by atoms with van der Waals surface area (Å²) in [6, 6.07) is 18.6. The molecule has 6 nitrogen and oxygen atoms in total. The van der Waals surface area contributed by atoms with E-state index < -0.39 is 6.10 Å². The van der Waals surface area contributed by atoms with Crippen LogP contribution in [0.15, 0.2) is 54.6 Å². The average Bonchev–Trinajstić information content (AvgIpc) is 3.03. The van der Waals surface area contributed by atoms with E-state index in [4.69, 9.17) is 5.73 Å². The zero-order chi connectivity index (χ0) is 22.7. The summed E-state index contributed by atoms with van der Waals surface area (Å²) in [6.45, 7) is 3.47. The molecule has 2 amide bonds. The van der Waals surface area contributed by atoms with Crippen molar-refractivity contribution in [2.24, 2.45) is 5.73 Å². The van der Waals surface area contributed by atoms with E-state index in [1.165, 1.54) is 25.3 Å². The Morgan fingerprint density at radius 3 is 2.41 bits per heavy atom. The first-order chi connectivity index (χ1) is 15.4. The maximum Gasteiger partial charge on any atom is 0.251 e. The van der Waals surface area contributed by atoms with Crippen molar-refractivity contribution in [1.29, 1.82) is 0 Å². The Morgan fingerprint density at radius 2 is 1.78 bits per heavy atom. The lowest BCUT2D eigenvalue weighted by atomic mass is 9.84. The van der Waals surface area contributed by atoms with Gasteiger partial charge in [-0.05, 0) is 61.8 Å². The first-order valence-corrected chi connectivity index (χ1v) is 11.6. The number of hydrogen-bond donors (Lipinski definition) is 2. The molecule has 0 aliphatic carbocycles. The van der Waals surface area contributed by atoms with Crippen LogP contribution in [0.25, 0.3) is 0 Å². The molecule has 32 heavy (non-hydrogen) atoms. The number of carbonyl (C=O) groups excluding carboxylic acids is 2. The molecule has 2 aliphatic heterocycles. The molecule has 3 N–H and O–H groups in total. The highest BCUT2D eigenvalue weighted by Crippen LogP contribution is 2.43. The second-order valence-corrected chi connectivity index (χ2v) is 9.20. The third-order valence-corrected chi connectivity index (χ3v) is 7.04. The van der Waals surface area contributed by atoms with Gasteiger partial charge in [0.15, 0.2) is 0 Å². The number of primary amides is 1. The van der Waals surface area contributed by atoms with Gasteiger partial charge in [0.2, 0.25) is 5.91 Å². The van der Waals surface area contributed by atoms with Gasteiger partial charge in [0.1, 0.15) is 6.10 Å². The van der Waals surface area contributed by atoms with Gasteiger partial charge in [-0.1, -0.05) is 42.5 Å². The maximum atomic E-state index is 12.6. The lowest BCUT2D eigenvalue weighted by Crippen LogP contribution is -2.48. The summed E-state index contributed by atoms with van der Waals surface area (Å²) in [5.74, 6) is -0.171. The number of nitrogens with two attached hydrogens (primary N) is 1. The Labute approximate surface area is 190 Å². The minimum atomic E-state index is -1.00.